The summed E-state index contributed by atoms with van der Waals surface area (Å²) in [6.45, 7) is 0. The predicted octanol–water partition coefficient (Wildman–Crippen LogP) is 0.953. The number of aromatic nitrogens is 2. The van der Waals surface area contributed by atoms with E-state index in [1.165, 1.54) is 6.20 Å². The second-order valence-corrected chi connectivity index (χ2v) is 4.17. The molecule has 0 radical (unpaired) electrons. The maximum absolute atomic E-state index is 11.1. The Morgan fingerprint density at radius 1 is 1.26 bits per heavy atom. The van der Waals surface area contributed by atoms with Gasteiger partial charge in [-0.1, -0.05) is 18.3 Å². The number of nitrogens with two attached hydrogens (primary N) is 2. The third-order valence-electron chi connectivity index (χ3n) is 2.40. The lowest BCUT2D eigenvalue weighted by Gasteiger charge is -2.09. The van der Waals surface area contributed by atoms with Gasteiger partial charge in [0.1, 0.15) is 4.99 Å². The van der Waals surface area contributed by atoms with E-state index in [0.29, 0.717) is 22.6 Å². The summed E-state index contributed by atoms with van der Waals surface area (Å²) < 4.78 is 0. The molecular formula is C12H11N5OS. The first-order chi connectivity index (χ1) is 9.08. The minimum Gasteiger partial charge on any atom is -0.389 e. The standard InChI is InChI=1S/C12H11N5OS/c13-10(18)7-2-1-3-8(6-7)16-12-9(11(14)19)4-5-15-17-12/h1-6H,(H2,13,18)(H2,14,19)(H,16,17). The Bertz CT molecular complexity index is 644. The Morgan fingerprint density at radius 2 is 2.05 bits per heavy atom. The average molecular weight is 273 g/mol. The molecule has 5 N–H and O–H groups in total. The van der Waals surface area contributed by atoms with E-state index in [1.54, 1.807) is 30.3 Å². The minimum absolute atomic E-state index is 0.212. The first kappa shape index (κ1) is 12.9. The van der Waals surface area contributed by atoms with Gasteiger partial charge in [0.2, 0.25) is 5.91 Å². The fourth-order valence-electron chi connectivity index (χ4n) is 1.51. The van der Waals surface area contributed by atoms with Gasteiger partial charge in [-0.05, 0) is 24.3 Å². The lowest BCUT2D eigenvalue weighted by molar-refractivity contribution is 0.100. The van der Waals surface area contributed by atoms with E-state index in [0.717, 1.165) is 0 Å². The van der Waals surface area contributed by atoms with Gasteiger partial charge in [-0.3, -0.25) is 4.79 Å². The number of carbonyl (C=O) groups excluding carboxylic acids is 1. The molecule has 96 valence electrons. The van der Waals surface area contributed by atoms with Gasteiger partial charge in [0.05, 0.1) is 11.8 Å². The van der Waals surface area contributed by atoms with Crippen LogP contribution in [0.1, 0.15) is 15.9 Å². The highest BCUT2D eigenvalue weighted by atomic mass is 32.1. The highest BCUT2D eigenvalue weighted by Gasteiger charge is 2.08. The summed E-state index contributed by atoms with van der Waals surface area (Å²) in [4.78, 5) is 11.3. The smallest absolute Gasteiger partial charge is 0.248 e. The van der Waals surface area contributed by atoms with Crippen LogP contribution in [-0.2, 0) is 0 Å². The zero-order valence-corrected chi connectivity index (χ0v) is 10.6. The van der Waals surface area contributed by atoms with Crippen molar-refractivity contribution >= 4 is 34.6 Å². The number of thiocarbonyl (C=S) groups is 1. The first-order valence-corrected chi connectivity index (χ1v) is 5.77. The van der Waals surface area contributed by atoms with Crippen molar-refractivity contribution < 1.29 is 4.79 Å². The molecule has 1 amide bonds. The Morgan fingerprint density at radius 3 is 2.74 bits per heavy atom. The lowest BCUT2D eigenvalue weighted by Crippen LogP contribution is -2.14. The molecule has 1 heterocycles. The van der Waals surface area contributed by atoms with Gasteiger partial charge in [-0.2, -0.15) is 5.10 Å². The predicted molar refractivity (Wildman–Crippen MR) is 76.2 cm³/mol. The number of anilines is 2. The van der Waals surface area contributed by atoms with Gasteiger partial charge in [-0.15, -0.1) is 5.10 Å². The van der Waals surface area contributed by atoms with E-state index < -0.39 is 5.91 Å². The minimum atomic E-state index is -0.502. The molecule has 0 bridgehead atoms. The molecule has 0 aliphatic carbocycles. The second-order valence-electron chi connectivity index (χ2n) is 3.73. The van der Waals surface area contributed by atoms with E-state index in [1.807, 2.05) is 0 Å². The number of nitrogens with one attached hydrogen (secondary N) is 1. The Labute approximate surface area is 114 Å². The summed E-state index contributed by atoms with van der Waals surface area (Å²) in [5.41, 5.74) is 12.4. The zero-order valence-electron chi connectivity index (χ0n) is 9.83. The molecule has 0 spiro atoms. The number of hydrogen-bond acceptors (Lipinski definition) is 5. The highest BCUT2D eigenvalue weighted by molar-refractivity contribution is 7.80. The van der Waals surface area contributed by atoms with Gasteiger partial charge in [-0.25, -0.2) is 0 Å². The van der Waals surface area contributed by atoms with Gasteiger partial charge in [0.15, 0.2) is 5.82 Å². The van der Waals surface area contributed by atoms with Crippen LogP contribution in [0.25, 0.3) is 0 Å². The molecule has 1 aromatic heterocycles. The third kappa shape index (κ3) is 3.02. The fourth-order valence-corrected chi connectivity index (χ4v) is 1.67. The number of amides is 1. The largest absolute Gasteiger partial charge is 0.389 e. The van der Waals surface area contributed by atoms with Crippen LogP contribution in [0.3, 0.4) is 0 Å². The first-order valence-electron chi connectivity index (χ1n) is 5.36. The van der Waals surface area contributed by atoms with Crippen molar-refractivity contribution in [3.8, 4) is 0 Å². The number of carbonyl (C=O) groups is 1. The third-order valence-corrected chi connectivity index (χ3v) is 2.62. The number of benzene rings is 1. The maximum Gasteiger partial charge on any atom is 0.248 e. The molecule has 0 saturated heterocycles. The van der Waals surface area contributed by atoms with Crippen LogP contribution in [0.4, 0.5) is 11.5 Å². The molecule has 0 unspecified atom stereocenters. The summed E-state index contributed by atoms with van der Waals surface area (Å²) in [5, 5.41) is 10.7. The molecule has 19 heavy (non-hydrogen) atoms. The van der Waals surface area contributed by atoms with Gasteiger partial charge in [0, 0.05) is 11.3 Å². The van der Waals surface area contributed by atoms with E-state index in [-0.39, 0.29) is 4.99 Å². The normalized spacial score (nSPS) is 9.89. The topological polar surface area (TPSA) is 107 Å². The van der Waals surface area contributed by atoms with Crippen molar-refractivity contribution in [2.45, 2.75) is 0 Å². The van der Waals surface area contributed by atoms with Crippen LogP contribution in [0.2, 0.25) is 0 Å². The van der Waals surface area contributed by atoms with E-state index in [4.69, 9.17) is 23.7 Å². The molecule has 7 heteroatoms. The van der Waals surface area contributed by atoms with E-state index in [2.05, 4.69) is 15.5 Å². The van der Waals surface area contributed by atoms with E-state index in [9.17, 15) is 4.79 Å². The van der Waals surface area contributed by atoms with Crippen LogP contribution in [0.15, 0.2) is 36.5 Å². The SMILES string of the molecule is NC(=O)c1cccc(Nc2nnccc2C(N)=S)c1. The number of nitrogens with zero attached hydrogens (tertiary/aromatic N) is 2. The van der Waals surface area contributed by atoms with Crippen molar-refractivity contribution in [2.24, 2.45) is 11.5 Å². The summed E-state index contributed by atoms with van der Waals surface area (Å²) in [7, 11) is 0. The summed E-state index contributed by atoms with van der Waals surface area (Å²) in [6.07, 6.45) is 1.50. The lowest BCUT2D eigenvalue weighted by atomic mass is 10.2. The molecule has 0 fully saturated rings. The average Bonchev–Trinajstić information content (AvgIpc) is 2.39. The van der Waals surface area contributed by atoms with Crippen LogP contribution >= 0.6 is 12.2 Å². The van der Waals surface area contributed by atoms with Crippen LogP contribution in [0.5, 0.6) is 0 Å². The van der Waals surface area contributed by atoms with Crippen LogP contribution < -0.4 is 16.8 Å². The van der Waals surface area contributed by atoms with Crippen LogP contribution in [0, 0.1) is 0 Å². The monoisotopic (exact) mass is 273 g/mol. The highest BCUT2D eigenvalue weighted by Crippen LogP contribution is 2.18. The number of rotatable bonds is 4. The molecular weight excluding hydrogens is 262 g/mol. The van der Waals surface area contributed by atoms with Crippen molar-refractivity contribution in [3.05, 3.63) is 47.7 Å². The molecule has 2 rings (SSSR count). The Balaban J connectivity index is 2.34. The molecule has 0 aliphatic heterocycles. The Hall–Kier alpha value is -2.54. The quantitative estimate of drug-likeness (QED) is 0.716. The van der Waals surface area contributed by atoms with Crippen LogP contribution in [-0.4, -0.2) is 21.1 Å². The summed E-state index contributed by atoms with van der Waals surface area (Å²) >= 11 is 4.93. The molecule has 6 nitrogen and oxygen atoms in total. The van der Waals surface area contributed by atoms with Crippen molar-refractivity contribution in [2.75, 3.05) is 5.32 Å². The van der Waals surface area contributed by atoms with Crippen molar-refractivity contribution in [3.63, 3.8) is 0 Å². The molecule has 1 aromatic carbocycles. The number of hydrogen-bond donors (Lipinski definition) is 3. The summed E-state index contributed by atoms with van der Waals surface area (Å²) in [6, 6.07) is 8.37. The molecule has 0 saturated carbocycles. The molecule has 0 aliphatic rings. The van der Waals surface area contributed by atoms with Crippen molar-refractivity contribution in [1.82, 2.24) is 10.2 Å². The number of primary amides is 1. The van der Waals surface area contributed by atoms with Crippen molar-refractivity contribution in [1.29, 1.82) is 0 Å². The van der Waals surface area contributed by atoms with Gasteiger partial charge >= 0.3 is 0 Å². The maximum atomic E-state index is 11.1. The van der Waals surface area contributed by atoms with Gasteiger partial charge < -0.3 is 16.8 Å². The fraction of sp³-hybridized carbons (Fsp3) is 0. The Kier molecular flexibility index (Phi) is 3.67. The van der Waals surface area contributed by atoms with Gasteiger partial charge in [0.25, 0.3) is 0 Å². The summed E-state index contributed by atoms with van der Waals surface area (Å²) in [5.74, 6) is -0.0750. The molecule has 0 atom stereocenters. The second kappa shape index (κ2) is 5.40. The zero-order chi connectivity index (χ0) is 13.8. The molecule has 2 aromatic rings. The van der Waals surface area contributed by atoms with E-state index >= 15 is 0 Å².